The first-order valence-electron chi connectivity index (χ1n) is 4.88. The summed E-state index contributed by atoms with van der Waals surface area (Å²) in [6.45, 7) is 2.90. The fourth-order valence-electron chi connectivity index (χ4n) is 1.45. The van der Waals surface area contributed by atoms with Crippen LogP contribution in [0.25, 0.3) is 0 Å². The van der Waals surface area contributed by atoms with E-state index in [4.69, 9.17) is 0 Å². The highest BCUT2D eigenvalue weighted by Crippen LogP contribution is 2.25. The van der Waals surface area contributed by atoms with Crippen LogP contribution in [0.5, 0.6) is 0 Å². The van der Waals surface area contributed by atoms with Crippen molar-refractivity contribution in [1.82, 2.24) is 4.98 Å². The molecule has 1 aromatic heterocycles. The van der Waals surface area contributed by atoms with Gasteiger partial charge in [0.05, 0.1) is 6.54 Å². The first-order valence-corrected chi connectivity index (χ1v) is 5.68. The summed E-state index contributed by atoms with van der Waals surface area (Å²) in [5.74, 6) is 0. The summed E-state index contributed by atoms with van der Waals surface area (Å²) in [5.41, 5.74) is 3.56. The number of aromatic nitrogens is 1. The molecule has 0 saturated heterocycles. The Morgan fingerprint density at radius 3 is 2.87 bits per heavy atom. The second-order valence-corrected chi connectivity index (χ2v) is 4.28. The molecule has 1 aromatic carbocycles. The molecular formula is C12H13BrN2. The van der Waals surface area contributed by atoms with Crippen molar-refractivity contribution in [2.75, 3.05) is 5.32 Å². The van der Waals surface area contributed by atoms with Crippen molar-refractivity contribution in [1.29, 1.82) is 0 Å². The van der Waals surface area contributed by atoms with Crippen LogP contribution in [-0.2, 0) is 6.54 Å². The molecule has 78 valence electrons. The van der Waals surface area contributed by atoms with Gasteiger partial charge in [-0.15, -0.1) is 0 Å². The fourth-order valence-corrected chi connectivity index (χ4v) is 1.86. The number of benzene rings is 1. The normalized spacial score (nSPS) is 10.3. The Morgan fingerprint density at radius 2 is 2.13 bits per heavy atom. The maximum Gasteiger partial charge on any atom is 0.0551 e. The topological polar surface area (TPSA) is 27.8 Å². The average molecular weight is 265 g/mol. The largest absolute Gasteiger partial charge is 0.379 e. The van der Waals surface area contributed by atoms with Gasteiger partial charge in [0.2, 0.25) is 0 Å². The zero-order chi connectivity index (χ0) is 10.7. The lowest BCUT2D eigenvalue weighted by Gasteiger charge is -2.09. The van der Waals surface area contributed by atoms with E-state index in [0.717, 1.165) is 16.7 Å². The van der Waals surface area contributed by atoms with Gasteiger partial charge in [-0.1, -0.05) is 12.1 Å². The molecule has 2 rings (SSSR count). The summed E-state index contributed by atoms with van der Waals surface area (Å²) in [4.78, 5) is 3.16. The second kappa shape index (κ2) is 4.53. The van der Waals surface area contributed by atoms with Crippen LogP contribution in [0.3, 0.4) is 0 Å². The minimum atomic E-state index is 0.815. The van der Waals surface area contributed by atoms with Crippen molar-refractivity contribution in [3.05, 3.63) is 52.3 Å². The second-order valence-electron chi connectivity index (χ2n) is 3.49. The van der Waals surface area contributed by atoms with Crippen LogP contribution in [0.15, 0.2) is 41.0 Å². The molecular weight excluding hydrogens is 252 g/mol. The number of aromatic amines is 1. The van der Waals surface area contributed by atoms with Crippen LogP contribution in [0, 0.1) is 6.92 Å². The molecule has 0 saturated carbocycles. The number of nitrogens with one attached hydrogen (secondary N) is 2. The zero-order valence-electron chi connectivity index (χ0n) is 8.55. The number of anilines is 1. The molecule has 0 aliphatic rings. The van der Waals surface area contributed by atoms with Crippen LogP contribution >= 0.6 is 15.9 Å². The van der Waals surface area contributed by atoms with E-state index in [1.807, 2.05) is 12.3 Å². The minimum Gasteiger partial charge on any atom is -0.379 e. The Labute approximate surface area is 97.8 Å². The van der Waals surface area contributed by atoms with Crippen LogP contribution in [0.4, 0.5) is 5.69 Å². The number of rotatable bonds is 3. The van der Waals surface area contributed by atoms with E-state index < -0.39 is 0 Å². The highest BCUT2D eigenvalue weighted by Gasteiger charge is 2.01. The molecule has 2 aromatic rings. The molecule has 0 atom stereocenters. The lowest BCUT2D eigenvalue weighted by atomic mass is 10.2. The maximum absolute atomic E-state index is 3.57. The van der Waals surface area contributed by atoms with Crippen molar-refractivity contribution >= 4 is 21.6 Å². The van der Waals surface area contributed by atoms with E-state index >= 15 is 0 Å². The molecule has 0 spiro atoms. The predicted octanol–water partition coefficient (Wildman–Crippen LogP) is 3.70. The fraction of sp³-hybridized carbons (Fsp3) is 0.167. The summed E-state index contributed by atoms with van der Waals surface area (Å²) in [6.07, 6.45) is 1.93. The van der Waals surface area contributed by atoms with Gasteiger partial charge >= 0.3 is 0 Å². The van der Waals surface area contributed by atoms with Gasteiger partial charge in [0, 0.05) is 22.1 Å². The molecule has 3 heteroatoms. The van der Waals surface area contributed by atoms with Gasteiger partial charge in [0.15, 0.2) is 0 Å². The molecule has 2 N–H and O–H groups in total. The molecule has 0 aliphatic carbocycles. The Bertz CT molecular complexity index is 435. The van der Waals surface area contributed by atoms with Crippen LogP contribution in [0.1, 0.15) is 11.3 Å². The maximum atomic E-state index is 3.57. The summed E-state index contributed by atoms with van der Waals surface area (Å²) in [6, 6.07) is 10.3. The molecule has 0 unspecified atom stereocenters. The third-order valence-corrected chi connectivity index (χ3v) is 3.38. The molecule has 0 radical (unpaired) electrons. The first kappa shape index (κ1) is 10.3. The Morgan fingerprint density at radius 1 is 1.27 bits per heavy atom. The summed E-state index contributed by atoms with van der Waals surface area (Å²) < 4.78 is 1.14. The molecule has 2 nitrogen and oxygen atoms in total. The first-order chi connectivity index (χ1) is 7.27. The van der Waals surface area contributed by atoms with Gasteiger partial charge in [-0.2, -0.15) is 0 Å². The third kappa shape index (κ3) is 2.42. The molecule has 0 bridgehead atoms. The van der Waals surface area contributed by atoms with Crippen LogP contribution < -0.4 is 5.32 Å². The van der Waals surface area contributed by atoms with E-state index in [1.165, 1.54) is 11.3 Å². The van der Waals surface area contributed by atoms with E-state index in [-0.39, 0.29) is 0 Å². The molecule has 1 heterocycles. The number of aryl methyl sites for hydroxylation is 1. The van der Waals surface area contributed by atoms with E-state index in [2.05, 4.69) is 57.4 Å². The predicted molar refractivity (Wildman–Crippen MR) is 67.0 cm³/mol. The third-order valence-electron chi connectivity index (χ3n) is 2.32. The van der Waals surface area contributed by atoms with Crippen molar-refractivity contribution in [2.24, 2.45) is 0 Å². The van der Waals surface area contributed by atoms with Gasteiger partial charge < -0.3 is 10.3 Å². The Hall–Kier alpha value is -1.22. The average Bonchev–Trinajstić information content (AvgIpc) is 2.73. The quantitative estimate of drug-likeness (QED) is 0.870. The van der Waals surface area contributed by atoms with Crippen LogP contribution in [0.2, 0.25) is 0 Å². The smallest absolute Gasteiger partial charge is 0.0551 e. The Balaban J connectivity index is 2.08. The number of hydrogen-bond acceptors (Lipinski definition) is 1. The van der Waals surface area contributed by atoms with Gasteiger partial charge in [-0.05, 0) is 46.6 Å². The highest BCUT2D eigenvalue weighted by atomic mass is 79.9. The Kier molecular flexibility index (Phi) is 3.11. The highest BCUT2D eigenvalue weighted by molar-refractivity contribution is 9.10. The van der Waals surface area contributed by atoms with Crippen LogP contribution in [-0.4, -0.2) is 4.98 Å². The SMILES string of the molecule is Cc1cccc(NCc2ccc[nH]2)c1Br. The van der Waals surface area contributed by atoms with Crippen molar-refractivity contribution < 1.29 is 0 Å². The lowest BCUT2D eigenvalue weighted by Crippen LogP contribution is -2.00. The van der Waals surface area contributed by atoms with Gasteiger partial charge in [-0.3, -0.25) is 0 Å². The van der Waals surface area contributed by atoms with E-state index in [0.29, 0.717) is 0 Å². The van der Waals surface area contributed by atoms with Crippen molar-refractivity contribution in [3.8, 4) is 0 Å². The van der Waals surface area contributed by atoms with Crippen molar-refractivity contribution in [2.45, 2.75) is 13.5 Å². The number of hydrogen-bond donors (Lipinski definition) is 2. The summed E-state index contributed by atoms with van der Waals surface area (Å²) in [7, 11) is 0. The standard InChI is InChI=1S/C12H13BrN2/c1-9-4-2-6-11(12(9)13)15-8-10-5-3-7-14-10/h2-7,14-15H,8H2,1H3. The molecule has 0 fully saturated rings. The summed E-state index contributed by atoms with van der Waals surface area (Å²) in [5, 5.41) is 3.38. The molecule has 0 amide bonds. The van der Waals surface area contributed by atoms with Gasteiger partial charge in [0.25, 0.3) is 0 Å². The number of H-pyrrole nitrogens is 1. The number of halogens is 1. The lowest BCUT2D eigenvalue weighted by molar-refractivity contribution is 1.07. The zero-order valence-corrected chi connectivity index (χ0v) is 10.1. The van der Waals surface area contributed by atoms with Gasteiger partial charge in [-0.25, -0.2) is 0 Å². The monoisotopic (exact) mass is 264 g/mol. The molecule has 0 aliphatic heterocycles. The summed E-state index contributed by atoms with van der Waals surface area (Å²) >= 11 is 3.57. The van der Waals surface area contributed by atoms with E-state index in [1.54, 1.807) is 0 Å². The minimum absolute atomic E-state index is 0.815. The molecule has 15 heavy (non-hydrogen) atoms. The van der Waals surface area contributed by atoms with Gasteiger partial charge in [0.1, 0.15) is 0 Å². The van der Waals surface area contributed by atoms with Crippen molar-refractivity contribution in [3.63, 3.8) is 0 Å². The van der Waals surface area contributed by atoms with E-state index in [9.17, 15) is 0 Å².